The normalized spacial score (nSPS) is 11.9. The molecule has 4 aromatic rings. The highest BCUT2D eigenvalue weighted by molar-refractivity contribution is 6.32. The number of hydrogen-bond donors (Lipinski definition) is 2. The van der Waals surface area contributed by atoms with Crippen molar-refractivity contribution in [2.45, 2.75) is 12.7 Å². The lowest BCUT2D eigenvalue weighted by Gasteiger charge is -2.09. The first-order valence-corrected chi connectivity index (χ1v) is 10.2. The Morgan fingerprint density at radius 3 is 2.52 bits per heavy atom. The maximum Gasteiger partial charge on any atom is 0.416 e. The van der Waals surface area contributed by atoms with Gasteiger partial charge in [0, 0.05) is 29.2 Å². The van der Waals surface area contributed by atoms with E-state index >= 15 is 0 Å². The van der Waals surface area contributed by atoms with Gasteiger partial charge in [-0.1, -0.05) is 29.8 Å². The minimum Gasteiger partial charge on any atom is -0.506 e. The van der Waals surface area contributed by atoms with E-state index in [1.54, 1.807) is 0 Å². The SMILES string of the molecule is O=C(NN=Cc1ccc2c(ccn2Cc2ccc(C(F)(F)F)cc2)c1)c1ccc(O)c(Cl)c1. The largest absolute Gasteiger partial charge is 0.506 e. The maximum absolute atomic E-state index is 12.7. The number of aromatic hydroxyl groups is 1. The summed E-state index contributed by atoms with van der Waals surface area (Å²) < 4.78 is 40.2. The van der Waals surface area contributed by atoms with E-state index in [0.717, 1.165) is 34.2 Å². The number of hydrogen-bond acceptors (Lipinski definition) is 3. The van der Waals surface area contributed by atoms with Crippen molar-refractivity contribution in [3.05, 3.63) is 100 Å². The predicted molar refractivity (Wildman–Crippen MR) is 121 cm³/mol. The summed E-state index contributed by atoms with van der Waals surface area (Å²) in [6.45, 7) is 0.431. The van der Waals surface area contributed by atoms with Crippen LogP contribution in [0.4, 0.5) is 13.2 Å². The molecule has 0 radical (unpaired) electrons. The van der Waals surface area contributed by atoms with E-state index in [4.69, 9.17) is 11.6 Å². The number of rotatable bonds is 5. The monoisotopic (exact) mass is 471 g/mol. The van der Waals surface area contributed by atoms with Crippen LogP contribution in [0.2, 0.25) is 5.02 Å². The summed E-state index contributed by atoms with van der Waals surface area (Å²) >= 11 is 5.81. The smallest absolute Gasteiger partial charge is 0.416 e. The van der Waals surface area contributed by atoms with Crippen molar-refractivity contribution < 1.29 is 23.1 Å². The molecule has 0 saturated carbocycles. The van der Waals surface area contributed by atoms with Crippen molar-refractivity contribution in [1.29, 1.82) is 0 Å². The van der Waals surface area contributed by atoms with E-state index in [9.17, 15) is 23.1 Å². The number of nitrogens with one attached hydrogen (secondary N) is 1. The highest BCUT2D eigenvalue weighted by Crippen LogP contribution is 2.29. The molecule has 0 aliphatic carbocycles. The number of carbonyl (C=O) groups excluding carboxylic acids is 1. The Bertz CT molecular complexity index is 1350. The van der Waals surface area contributed by atoms with Crippen LogP contribution < -0.4 is 5.43 Å². The Kier molecular flexibility index (Phi) is 6.11. The number of benzene rings is 3. The summed E-state index contributed by atoms with van der Waals surface area (Å²) in [5.74, 6) is -0.591. The maximum atomic E-state index is 12.7. The van der Waals surface area contributed by atoms with Gasteiger partial charge in [0.05, 0.1) is 16.8 Å². The Labute approximate surface area is 191 Å². The van der Waals surface area contributed by atoms with Crippen molar-refractivity contribution in [2.24, 2.45) is 5.10 Å². The van der Waals surface area contributed by atoms with Crippen molar-refractivity contribution in [3.8, 4) is 5.75 Å². The first-order valence-electron chi connectivity index (χ1n) is 9.78. The van der Waals surface area contributed by atoms with E-state index in [1.807, 2.05) is 35.0 Å². The van der Waals surface area contributed by atoms with Gasteiger partial charge < -0.3 is 9.67 Å². The van der Waals surface area contributed by atoms with Crippen LogP contribution in [0, 0.1) is 0 Å². The molecule has 0 saturated heterocycles. The zero-order chi connectivity index (χ0) is 23.6. The number of fused-ring (bicyclic) bond motifs is 1. The Morgan fingerprint density at radius 1 is 1.06 bits per heavy atom. The fourth-order valence-corrected chi connectivity index (χ4v) is 3.49. The van der Waals surface area contributed by atoms with Gasteiger partial charge in [-0.05, 0) is 59.7 Å². The summed E-state index contributed by atoms with van der Waals surface area (Å²) in [6.07, 6.45) is -1.00. The number of amides is 1. The molecule has 5 nitrogen and oxygen atoms in total. The quantitative estimate of drug-likeness (QED) is 0.284. The molecule has 0 unspecified atom stereocenters. The van der Waals surface area contributed by atoms with Gasteiger partial charge in [-0.3, -0.25) is 4.79 Å². The molecule has 0 bridgehead atoms. The molecule has 4 rings (SSSR count). The van der Waals surface area contributed by atoms with Crippen LogP contribution in [0.15, 0.2) is 78.0 Å². The molecule has 0 spiro atoms. The van der Waals surface area contributed by atoms with Gasteiger partial charge in [0.25, 0.3) is 5.91 Å². The first kappa shape index (κ1) is 22.4. The summed E-state index contributed by atoms with van der Waals surface area (Å²) in [5, 5.41) is 14.4. The number of carbonyl (C=O) groups is 1. The van der Waals surface area contributed by atoms with E-state index in [0.29, 0.717) is 6.54 Å². The van der Waals surface area contributed by atoms with E-state index < -0.39 is 17.6 Å². The Hall–Kier alpha value is -3.78. The second-order valence-electron chi connectivity index (χ2n) is 7.32. The highest BCUT2D eigenvalue weighted by atomic mass is 35.5. The highest BCUT2D eigenvalue weighted by Gasteiger charge is 2.29. The standard InChI is InChI=1S/C24H17ClF3N3O2/c25-20-12-18(4-8-22(20)32)23(33)30-29-13-16-3-7-21-17(11-16)9-10-31(21)14-15-1-5-19(6-2-15)24(26,27)28/h1-13,32H,14H2,(H,30,33). The molecule has 1 aromatic heterocycles. The van der Waals surface area contributed by atoms with Crippen LogP contribution in [0.1, 0.15) is 27.0 Å². The van der Waals surface area contributed by atoms with Gasteiger partial charge >= 0.3 is 6.18 Å². The minimum atomic E-state index is -4.35. The average Bonchev–Trinajstić information content (AvgIpc) is 3.17. The molecule has 0 fully saturated rings. The summed E-state index contributed by atoms with van der Waals surface area (Å²) in [6, 6.07) is 16.7. The van der Waals surface area contributed by atoms with Gasteiger partial charge in [-0.2, -0.15) is 18.3 Å². The second kappa shape index (κ2) is 8.99. The lowest BCUT2D eigenvalue weighted by atomic mass is 10.1. The Morgan fingerprint density at radius 2 is 1.82 bits per heavy atom. The van der Waals surface area contributed by atoms with Crippen LogP contribution in [0.5, 0.6) is 5.75 Å². The fourth-order valence-electron chi connectivity index (χ4n) is 3.31. The summed E-state index contributed by atoms with van der Waals surface area (Å²) in [4.78, 5) is 12.1. The lowest BCUT2D eigenvalue weighted by Crippen LogP contribution is -2.17. The number of phenolic OH excluding ortho intramolecular Hbond substituents is 1. The third-order valence-corrected chi connectivity index (χ3v) is 5.32. The van der Waals surface area contributed by atoms with E-state index in [-0.39, 0.29) is 16.3 Å². The van der Waals surface area contributed by atoms with Gasteiger partial charge in [-0.25, -0.2) is 5.43 Å². The van der Waals surface area contributed by atoms with E-state index in [2.05, 4.69) is 10.5 Å². The fraction of sp³-hybridized carbons (Fsp3) is 0.0833. The average molecular weight is 472 g/mol. The molecule has 0 aliphatic rings. The number of aromatic nitrogens is 1. The lowest BCUT2D eigenvalue weighted by molar-refractivity contribution is -0.137. The number of hydrazone groups is 1. The van der Waals surface area contributed by atoms with Crippen molar-refractivity contribution in [2.75, 3.05) is 0 Å². The Balaban J connectivity index is 1.44. The number of phenols is 1. The van der Waals surface area contributed by atoms with Crippen LogP contribution in [-0.2, 0) is 12.7 Å². The second-order valence-corrected chi connectivity index (χ2v) is 7.73. The molecule has 9 heteroatoms. The number of halogens is 4. The van der Waals surface area contributed by atoms with Gasteiger partial charge in [0.1, 0.15) is 5.75 Å². The molecular formula is C24H17ClF3N3O2. The molecule has 33 heavy (non-hydrogen) atoms. The van der Waals surface area contributed by atoms with Crippen LogP contribution in [0.25, 0.3) is 10.9 Å². The molecule has 3 aromatic carbocycles. The van der Waals surface area contributed by atoms with Crippen molar-refractivity contribution in [1.82, 2.24) is 9.99 Å². The molecule has 1 heterocycles. The zero-order valence-electron chi connectivity index (χ0n) is 17.0. The summed E-state index contributed by atoms with van der Waals surface area (Å²) in [5.41, 5.74) is 4.40. The summed E-state index contributed by atoms with van der Waals surface area (Å²) in [7, 11) is 0. The van der Waals surface area contributed by atoms with Crippen molar-refractivity contribution in [3.63, 3.8) is 0 Å². The molecule has 0 atom stereocenters. The van der Waals surface area contributed by atoms with Crippen LogP contribution in [-0.4, -0.2) is 21.8 Å². The van der Waals surface area contributed by atoms with Crippen LogP contribution in [0.3, 0.4) is 0 Å². The van der Waals surface area contributed by atoms with Crippen molar-refractivity contribution >= 4 is 34.6 Å². The van der Waals surface area contributed by atoms with Gasteiger partial charge in [-0.15, -0.1) is 0 Å². The number of alkyl halides is 3. The minimum absolute atomic E-state index is 0.0675. The molecule has 1 amide bonds. The van der Waals surface area contributed by atoms with E-state index in [1.165, 1.54) is 36.5 Å². The molecule has 2 N–H and O–H groups in total. The molecular weight excluding hydrogens is 455 g/mol. The van der Waals surface area contributed by atoms with Gasteiger partial charge in [0.15, 0.2) is 0 Å². The molecule has 168 valence electrons. The zero-order valence-corrected chi connectivity index (χ0v) is 17.7. The molecule has 0 aliphatic heterocycles. The van der Waals surface area contributed by atoms with Crippen LogP contribution >= 0.6 is 11.6 Å². The third-order valence-electron chi connectivity index (χ3n) is 5.02. The van der Waals surface area contributed by atoms with Gasteiger partial charge in [0.2, 0.25) is 0 Å². The topological polar surface area (TPSA) is 66.6 Å². The predicted octanol–water partition coefficient (Wildman–Crippen LogP) is 5.83. The number of nitrogens with zero attached hydrogens (tertiary/aromatic N) is 2. The first-order chi connectivity index (χ1) is 15.7. The third kappa shape index (κ3) is 5.18.